The highest BCUT2D eigenvalue weighted by Crippen LogP contribution is 2.20. The van der Waals surface area contributed by atoms with E-state index in [1.165, 1.54) is 12.1 Å². The second-order valence-corrected chi connectivity index (χ2v) is 7.34. The molecule has 27 heavy (non-hydrogen) atoms. The molecule has 1 aliphatic rings. The first kappa shape index (κ1) is 21.2. The molecule has 1 heterocycles. The predicted octanol–water partition coefficient (Wildman–Crippen LogP) is 2.38. The number of likely N-dealkylation sites (tertiary alicyclic amines) is 1. The van der Waals surface area contributed by atoms with E-state index < -0.39 is 12.1 Å². The minimum atomic E-state index is -0.546. The molecule has 1 fully saturated rings. The Labute approximate surface area is 160 Å². The second-order valence-electron chi connectivity index (χ2n) is 7.34. The molecule has 1 aromatic carbocycles. The normalized spacial score (nSPS) is 19.3. The maximum atomic E-state index is 12.9. The number of benzene rings is 1. The fraction of sp³-hybridized carbons (Fsp3) is 0.600. The van der Waals surface area contributed by atoms with Gasteiger partial charge in [-0.1, -0.05) is 25.5 Å². The average Bonchev–Trinajstić information content (AvgIpc) is 2.66. The highest BCUT2D eigenvalue weighted by atomic mass is 19.1. The van der Waals surface area contributed by atoms with Crippen molar-refractivity contribution in [1.82, 2.24) is 15.5 Å². The lowest BCUT2D eigenvalue weighted by molar-refractivity contribution is -0.135. The molecule has 4 N–H and O–H groups in total. The maximum absolute atomic E-state index is 12.9. The van der Waals surface area contributed by atoms with Crippen LogP contribution in [0.5, 0.6) is 0 Å². The van der Waals surface area contributed by atoms with Crippen LogP contribution in [0.4, 0.5) is 9.18 Å². The molecular weight excluding hydrogens is 347 g/mol. The number of piperidine rings is 1. The molecule has 0 bridgehead atoms. The average molecular weight is 378 g/mol. The molecule has 1 aliphatic heterocycles. The van der Waals surface area contributed by atoms with Crippen molar-refractivity contribution in [3.63, 3.8) is 0 Å². The van der Waals surface area contributed by atoms with Crippen LogP contribution in [0.3, 0.4) is 0 Å². The molecule has 0 spiro atoms. The van der Waals surface area contributed by atoms with Gasteiger partial charge >= 0.3 is 6.03 Å². The third-order valence-corrected chi connectivity index (χ3v) is 5.06. The van der Waals surface area contributed by atoms with Crippen LogP contribution in [0.2, 0.25) is 0 Å². The summed E-state index contributed by atoms with van der Waals surface area (Å²) in [5, 5.41) is 5.52. The smallest absolute Gasteiger partial charge is 0.315 e. The number of halogens is 1. The number of amides is 3. The Hall–Kier alpha value is -2.15. The van der Waals surface area contributed by atoms with Crippen LogP contribution in [-0.4, -0.2) is 42.0 Å². The van der Waals surface area contributed by atoms with Crippen molar-refractivity contribution in [2.45, 2.75) is 58.2 Å². The lowest BCUT2D eigenvalue weighted by Gasteiger charge is -2.36. The third kappa shape index (κ3) is 6.50. The van der Waals surface area contributed by atoms with E-state index in [2.05, 4.69) is 10.6 Å². The molecule has 0 aromatic heterocycles. The van der Waals surface area contributed by atoms with E-state index in [1.807, 2.05) is 18.7 Å². The molecule has 3 unspecified atom stereocenters. The SMILES string of the molecule is CCCC(NC(=O)NCc1ccc(F)cc1)C(=O)N1CCCC(C(C)N)C1. The lowest BCUT2D eigenvalue weighted by Crippen LogP contribution is -2.54. The summed E-state index contributed by atoms with van der Waals surface area (Å²) in [5.41, 5.74) is 6.80. The van der Waals surface area contributed by atoms with Crippen molar-refractivity contribution in [2.75, 3.05) is 13.1 Å². The van der Waals surface area contributed by atoms with Gasteiger partial charge in [-0.2, -0.15) is 0 Å². The van der Waals surface area contributed by atoms with Gasteiger partial charge in [0.05, 0.1) is 0 Å². The molecule has 0 saturated carbocycles. The number of hydrogen-bond acceptors (Lipinski definition) is 3. The van der Waals surface area contributed by atoms with Crippen molar-refractivity contribution >= 4 is 11.9 Å². The van der Waals surface area contributed by atoms with Gasteiger partial charge in [0, 0.05) is 25.7 Å². The number of nitrogens with one attached hydrogen (secondary N) is 2. The van der Waals surface area contributed by atoms with Gasteiger partial charge in [0.2, 0.25) is 5.91 Å². The quantitative estimate of drug-likeness (QED) is 0.681. The molecule has 0 aliphatic carbocycles. The number of carbonyl (C=O) groups excluding carboxylic acids is 2. The van der Waals surface area contributed by atoms with E-state index in [1.54, 1.807) is 12.1 Å². The van der Waals surface area contributed by atoms with Gasteiger partial charge in [0.1, 0.15) is 11.9 Å². The van der Waals surface area contributed by atoms with Crippen LogP contribution in [-0.2, 0) is 11.3 Å². The van der Waals surface area contributed by atoms with Gasteiger partial charge < -0.3 is 21.3 Å². The highest BCUT2D eigenvalue weighted by molar-refractivity contribution is 5.87. The van der Waals surface area contributed by atoms with Crippen LogP contribution < -0.4 is 16.4 Å². The largest absolute Gasteiger partial charge is 0.341 e. The number of carbonyl (C=O) groups is 2. The van der Waals surface area contributed by atoms with Gasteiger partial charge in [-0.25, -0.2) is 9.18 Å². The first-order chi connectivity index (χ1) is 12.9. The van der Waals surface area contributed by atoms with E-state index in [4.69, 9.17) is 5.73 Å². The zero-order valence-corrected chi connectivity index (χ0v) is 16.2. The van der Waals surface area contributed by atoms with Gasteiger partial charge in [-0.15, -0.1) is 0 Å². The first-order valence-electron chi connectivity index (χ1n) is 9.73. The Morgan fingerprint density at radius 1 is 1.33 bits per heavy atom. The highest BCUT2D eigenvalue weighted by Gasteiger charge is 2.30. The molecule has 1 aromatic rings. The topological polar surface area (TPSA) is 87.5 Å². The molecule has 150 valence electrons. The van der Waals surface area contributed by atoms with Crippen molar-refractivity contribution in [3.05, 3.63) is 35.6 Å². The maximum Gasteiger partial charge on any atom is 0.315 e. The zero-order chi connectivity index (χ0) is 19.8. The van der Waals surface area contributed by atoms with E-state index in [9.17, 15) is 14.0 Å². The second kappa shape index (κ2) is 10.3. The fourth-order valence-electron chi connectivity index (χ4n) is 3.40. The summed E-state index contributed by atoms with van der Waals surface area (Å²) in [7, 11) is 0. The van der Waals surface area contributed by atoms with Crippen LogP contribution in [0.25, 0.3) is 0 Å². The van der Waals surface area contributed by atoms with Gasteiger partial charge in [-0.05, 0) is 49.8 Å². The fourth-order valence-corrected chi connectivity index (χ4v) is 3.40. The van der Waals surface area contributed by atoms with Crippen molar-refractivity contribution in [2.24, 2.45) is 11.7 Å². The molecule has 6 nitrogen and oxygen atoms in total. The van der Waals surface area contributed by atoms with Gasteiger partial charge in [0.15, 0.2) is 0 Å². The number of rotatable bonds is 7. The van der Waals surface area contributed by atoms with Crippen LogP contribution in [0.15, 0.2) is 24.3 Å². The molecule has 7 heteroatoms. The zero-order valence-electron chi connectivity index (χ0n) is 16.2. The van der Waals surface area contributed by atoms with Crippen molar-refractivity contribution in [3.8, 4) is 0 Å². The predicted molar refractivity (Wildman–Crippen MR) is 103 cm³/mol. The van der Waals surface area contributed by atoms with E-state index in [0.29, 0.717) is 25.4 Å². The van der Waals surface area contributed by atoms with Crippen LogP contribution in [0, 0.1) is 11.7 Å². The number of hydrogen-bond donors (Lipinski definition) is 3. The van der Waals surface area contributed by atoms with Gasteiger partial charge in [0.25, 0.3) is 0 Å². The molecule has 1 saturated heterocycles. The Morgan fingerprint density at radius 3 is 2.67 bits per heavy atom. The summed E-state index contributed by atoms with van der Waals surface area (Å²) >= 11 is 0. The Kier molecular flexibility index (Phi) is 8.03. The third-order valence-electron chi connectivity index (χ3n) is 5.06. The summed E-state index contributed by atoms with van der Waals surface area (Å²) in [6, 6.07) is 5.05. The van der Waals surface area contributed by atoms with Crippen LogP contribution >= 0.6 is 0 Å². The minimum absolute atomic E-state index is 0.0425. The molecule has 3 atom stereocenters. The first-order valence-corrected chi connectivity index (χ1v) is 9.73. The monoisotopic (exact) mass is 378 g/mol. The molecule has 2 rings (SSSR count). The standard InChI is InChI=1S/C20H31FN4O2/c1-3-5-18(19(26)25-11-4-6-16(13-25)14(2)22)24-20(27)23-12-15-7-9-17(21)10-8-15/h7-10,14,16,18H,3-6,11-13,22H2,1-2H3,(H2,23,24,27). The number of nitrogens with zero attached hydrogens (tertiary/aromatic N) is 1. The van der Waals surface area contributed by atoms with Crippen LogP contribution in [0.1, 0.15) is 45.1 Å². The Balaban J connectivity index is 1.90. The summed E-state index contributed by atoms with van der Waals surface area (Å²) < 4.78 is 12.9. The summed E-state index contributed by atoms with van der Waals surface area (Å²) in [5.74, 6) is -0.0557. The van der Waals surface area contributed by atoms with E-state index in [0.717, 1.165) is 24.8 Å². The van der Waals surface area contributed by atoms with Crippen molar-refractivity contribution < 1.29 is 14.0 Å². The van der Waals surface area contributed by atoms with Gasteiger partial charge in [-0.3, -0.25) is 4.79 Å². The number of nitrogens with two attached hydrogens (primary N) is 1. The summed E-state index contributed by atoms with van der Waals surface area (Å²) in [6.07, 6.45) is 3.35. The molecule has 0 radical (unpaired) electrons. The molecular formula is C20H31FN4O2. The molecule has 3 amide bonds. The lowest BCUT2D eigenvalue weighted by atomic mass is 9.91. The summed E-state index contributed by atoms with van der Waals surface area (Å²) in [4.78, 5) is 27.0. The van der Waals surface area contributed by atoms with Crippen molar-refractivity contribution in [1.29, 1.82) is 0 Å². The number of urea groups is 1. The van der Waals surface area contributed by atoms with E-state index >= 15 is 0 Å². The summed E-state index contributed by atoms with van der Waals surface area (Å²) in [6.45, 7) is 5.59. The minimum Gasteiger partial charge on any atom is -0.341 e. The Morgan fingerprint density at radius 2 is 2.04 bits per heavy atom. The Bertz CT molecular complexity index is 621. The van der Waals surface area contributed by atoms with E-state index in [-0.39, 0.29) is 24.3 Å².